The highest BCUT2D eigenvalue weighted by Gasteiger charge is 2.26. The Morgan fingerprint density at radius 1 is 1.16 bits per heavy atom. The normalized spacial score (nSPS) is 15.0. The van der Waals surface area contributed by atoms with Crippen LogP contribution in [0.1, 0.15) is 21.9 Å². The van der Waals surface area contributed by atoms with E-state index in [4.69, 9.17) is 9.15 Å². The maximum Gasteiger partial charge on any atom is 0.287 e. The number of ether oxygens (including phenoxy) is 1. The van der Waals surface area contributed by atoms with Crippen molar-refractivity contribution in [2.24, 2.45) is 7.05 Å². The van der Waals surface area contributed by atoms with Crippen LogP contribution < -0.4 is 5.32 Å². The number of sulfonamides is 1. The molecule has 1 aliphatic heterocycles. The van der Waals surface area contributed by atoms with E-state index in [9.17, 15) is 13.2 Å². The molecule has 1 amide bonds. The van der Waals surface area contributed by atoms with Crippen LogP contribution in [0.3, 0.4) is 0 Å². The van der Waals surface area contributed by atoms with Crippen LogP contribution in [-0.4, -0.2) is 54.5 Å². The summed E-state index contributed by atoms with van der Waals surface area (Å²) in [5.74, 6) is 1.15. The minimum absolute atomic E-state index is 0.229. The number of carbonyl (C=O) groups is 1. The van der Waals surface area contributed by atoms with Crippen LogP contribution in [0.5, 0.6) is 0 Å². The summed E-state index contributed by atoms with van der Waals surface area (Å²) >= 11 is 1.52. The Balaban J connectivity index is 1.30. The number of hydrogen-bond acceptors (Lipinski definition) is 7. The lowest BCUT2D eigenvalue weighted by atomic mass is 10.2. The molecule has 170 valence electrons. The molecule has 3 aromatic rings. The molecule has 0 spiro atoms. The number of benzene rings is 1. The molecule has 11 heteroatoms. The van der Waals surface area contributed by atoms with Gasteiger partial charge in [-0.3, -0.25) is 4.79 Å². The van der Waals surface area contributed by atoms with E-state index in [1.807, 2.05) is 17.8 Å². The van der Waals surface area contributed by atoms with Gasteiger partial charge in [0.2, 0.25) is 10.0 Å². The van der Waals surface area contributed by atoms with E-state index in [1.165, 1.54) is 16.1 Å². The van der Waals surface area contributed by atoms with E-state index in [2.05, 4.69) is 10.3 Å². The van der Waals surface area contributed by atoms with Crippen LogP contribution in [0.2, 0.25) is 0 Å². The molecule has 9 nitrogen and oxygen atoms in total. The molecule has 1 N–H and O–H groups in total. The maximum absolute atomic E-state index is 12.7. The second-order valence-corrected chi connectivity index (χ2v) is 10.1. The third-order valence-electron chi connectivity index (χ3n) is 4.99. The summed E-state index contributed by atoms with van der Waals surface area (Å²) in [4.78, 5) is 16.9. The SMILES string of the molecule is Cn1ccnc1SCc1ccc(C(=O)NCc2ccc(S(=O)(=O)N3CCOCC3)cc2)o1. The maximum atomic E-state index is 12.7. The van der Waals surface area contributed by atoms with Crippen molar-refractivity contribution in [3.05, 3.63) is 65.9 Å². The third kappa shape index (κ3) is 5.23. The summed E-state index contributed by atoms with van der Waals surface area (Å²) < 4.78 is 39.6. The molecule has 0 radical (unpaired) electrons. The van der Waals surface area contributed by atoms with Gasteiger partial charge in [-0.1, -0.05) is 23.9 Å². The number of furan rings is 1. The van der Waals surface area contributed by atoms with Crippen molar-refractivity contribution in [2.75, 3.05) is 26.3 Å². The van der Waals surface area contributed by atoms with Gasteiger partial charge in [0.25, 0.3) is 5.91 Å². The van der Waals surface area contributed by atoms with Gasteiger partial charge >= 0.3 is 0 Å². The molecule has 2 aromatic heterocycles. The van der Waals surface area contributed by atoms with Gasteiger partial charge in [-0.25, -0.2) is 13.4 Å². The number of nitrogens with one attached hydrogen (secondary N) is 1. The van der Waals surface area contributed by atoms with Crippen LogP contribution in [0.15, 0.2) is 63.3 Å². The van der Waals surface area contributed by atoms with E-state index in [1.54, 1.807) is 42.6 Å². The van der Waals surface area contributed by atoms with Crippen molar-refractivity contribution < 1.29 is 22.4 Å². The average Bonchev–Trinajstić information content (AvgIpc) is 3.46. The first kappa shape index (κ1) is 22.6. The van der Waals surface area contributed by atoms with Crippen molar-refractivity contribution in [2.45, 2.75) is 22.3 Å². The number of aryl methyl sites for hydroxylation is 1. The fourth-order valence-electron chi connectivity index (χ4n) is 3.19. The second kappa shape index (κ2) is 9.90. The summed E-state index contributed by atoms with van der Waals surface area (Å²) in [5.41, 5.74) is 0.788. The Morgan fingerprint density at radius 2 is 1.91 bits per heavy atom. The van der Waals surface area contributed by atoms with Crippen LogP contribution in [0, 0.1) is 0 Å². The van der Waals surface area contributed by atoms with Gasteiger partial charge in [0.05, 0.1) is 23.9 Å². The Hall–Kier alpha value is -2.60. The molecule has 3 heterocycles. The minimum atomic E-state index is -3.53. The summed E-state index contributed by atoms with van der Waals surface area (Å²) in [6, 6.07) is 9.94. The third-order valence-corrected chi connectivity index (χ3v) is 7.98. The van der Waals surface area contributed by atoms with Gasteiger partial charge in [-0.15, -0.1) is 0 Å². The lowest BCUT2D eigenvalue weighted by molar-refractivity contribution is 0.0730. The Kier molecular flexibility index (Phi) is 6.99. The average molecular weight is 477 g/mol. The zero-order valence-corrected chi connectivity index (χ0v) is 19.2. The van der Waals surface area contributed by atoms with Crippen LogP contribution >= 0.6 is 11.8 Å². The zero-order chi connectivity index (χ0) is 22.6. The van der Waals surface area contributed by atoms with Gasteiger partial charge < -0.3 is 19.0 Å². The molecule has 4 rings (SSSR count). The first-order valence-corrected chi connectivity index (χ1v) is 12.5. The van der Waals surface area contributed by atoms with Crippen molar-refractivity contribution >= 4 is 27.7 Å². The van der Waals surface area contributed by atoms with Crippen LogP contribution in [0.25, 0.3) is 0 Å². The van der Waals surface area contributed by atoms with Crippen LogP contribution in [0.4, 0.5) is 0 Å². The molecular formula is C21H24N4O5S2. The molecule has 0 aliphatic carbocycles. The number of nitrogens with zero attached hydrogens (tertiary/aromatic N) is 3. The summed E-state index contributed by atoms with van der Waals surface area (Å²) in [6.07, 6.45) is 3.60. The first-order valence-electron chi connectivity index (χ1n) is 10.1. The lowest BCUT2D eigenvalue weighted by Gasteiger charge is -2.26. The standard InChI is InChI=1S/C21H24N4O5S2/c1-24-9-8-22-21(24)31-15-17-4-7-19(30-17)20(26)23-14-16-2-5-18(6-3-16)32(27,28)25-10-12-29-13-11-25/h2-9H,10-15H2,1H3,(H,23,26). The highest BCUT2D eigenvalue weighted by Crippen LogP contribution is 2.22. The molecular weight excluding hydrogens is 452 g/mol. The monoisotopic (exact) mass is 476 g/mol. The topological polar surface area (TPSA) is 107 Å². The van der Waals surface area contributed by atoms with Gasteiger partial charge in [-0.05, 0) is 29.8 Å². The fourth-order valence-corrected chi connectivity index (χ4v) is 5.42. The van der Waals surface area contributed by atoms with Crippen molar-refractivity contribution in [3.63, 3.8) is 0 Å². The number of aromatic nitrogens is 2. The fraction of sp³-hybridized carbons (Fsp3) is 0.333. The van der Waals surface area contributed by atoms with E-state index in [0.717, 1.165) is 10.7 Å². The van der Waals surface area contributed by atoms with Gasteiger partial charge in [0.15, 0.2) is 10.9 Å². The Labute approximate surface area is 190 Å². The molecule has 0 unspecified atom stereocenters. The number of thioether (sulfide) groups is 1. The summed E-state index contributed by atoms with van der Waals surface area (Å²) in [5, 5.41) is 3.66. The number of imidazole rings is 1. The lowest BCUT2D eigenvalue weighted by Crippen LogP contribution is -2.40. The molecule has 1 aliphatic rings. The smallest absolute Gasteiger partial charge is 0.287 e. The molecule has 0 atom stereocenters. The largest absolute Gasteiger partial charge is 0.455 e. The van der Waals surface area contributed by atoms with Gasteiger partial charge in [-0.2, -0.15) is 4.31 Å². The minimum Gasteiger partial charge on any atom is -0.455 e. The van der Waals surface area contributed by atoms with Crippen molar-refractivity contribution in [1.82, 2.24) is 19.2 Å². The Morgan fingerprint density at radius 3 is 2.59 bits per heavy atom. The number of amides is 1. The predicted molar refractivity (Wildman–Crippen MR) is 119 cm³/mol. The van der Waals surface area contributed by atoms with Crippen LogP contribution in [-0.2, 0) is 34.1 Å². The first-order chi connectivity index (χ1) is 15.4. The molecule has 1 saturated heterocycles. The van der Waals surface area contributed by atoms with E-state index >= 15 is 0 Å². The highest BCUT2D eigenvalue weighted by molar-refractivity contribution is 7.98. The van der Waals surface area contributed by atoms with E-state index < -0.39 is 10.0 Å². The van der Waals surface area contributed by atoms with Gasteiger partial charge in [0.1, 0.15) is 5.76 Å². The van der Waals surface area contributed by atoms with Crippen molar-refractivity contribution in [1.29, 1.82) is 0 Å². The quantitative estimate of drug-likeness (QED) is 0.497. The number of hydrogen-bond donors (Lipinski definition) is 1. The molecule has 1 fully saturated rings. The molecule has 32 heavy (non-hydrogen) atoms. The molecule has 1 aromatic carbocycles. The van der Waals surface area contributed by atoms with E-state index in [0.29, 0.717) is 37.8 Å². The number of morpholine rings is 1. The number of carbonyl (C=O) groups excluding carboxylic acids is 1. The van der Waals surface area contributed by atoms with Gasteiger partial charge in [0, 0.05) is 39.1 Å². The molecule has 0 bridgehead atoms. The second-order valence-electron chi connectivity index (χ2n) is 7.22. The zero-order valence-electron chi connectivity index (χ0n) is 17.6. The molecule has 0 saturated carbocycles. The number of rotatable bonds is 8. The summed E-state index contributed by atoms with van der Waals surface area (Å²) in [7, 11) is -1.61. The Bertz CT molecular complexity index is 1170. The highest BCUT2D eigenvalue weighted by atomic mass is 32.2. The van der Waals surface area contributed by atoms with E-state index in [-0.39, 0.29) is 23.1 Å². The summed E-state index contributed by atoms with van der Waals surface area (Å²) in [6.45, 7) is 1.77. The predicted octanol–water partition coefficient (Wildman–Crippen LogP) is 2.26. The van der Waals surface area contributed by atoms with Crippen molar-refractivity contribution in [3.8, 4) is 0 Å².